The molecule has 0 saturated heterocycles. The molecule has 0 aromatic heterocycles. The normalized spacial score (nSPS) is 12.9. The van der Waals surface area contributed by atoms with E-state index in [4.69, 9.17) is 0 Å². The van der Waals surface area contributed by atoms with Crippen molar-refractivity contribution in [2.24, 2.45) is 0 Å². The minimum atomic E-state index is 1.08. The van der Waals surface area contributed by atoms with E-state index in [0.717, 1.165) is 12.8 Å². The summed E-state index contributed by atoms with van der Waals surface area (Å²) in [6, 6.07) is 18.5. The molecule has 1 aliphatic rings. The average molecular weight is 353 g/mol. The Kier molecular flexibility index (Phi) is 4.52. The van der Waals surface area contributed by atoms with Crippen LogP contribution in [-0.2, 0) is 6.42 Å². The van der Waals surface area contributed by atoms with Crippen LogP contribution in [0.2, 0.25) is 0 Å². The van der Waals surface area contributed by atoms with Gasteiger partial charge in [-0.3, -0.25) is 0 Å². The first-order chi connectivity index (χ1) is 12.9. The zero-order valence-electron chi connectivity index (χ0n) is 17.1. The van der Waals surface area contributed by atoms with E-state index < -0.39 is 0 Å². The van der Waals surface area contributed by atoms with Crippen LogP contribution in [-0.4, -0.2) is 0 Å². The van der Waals surface area contributed by atoms with E-state index in [1.54, 1.807) is 0 Å². The molecule has 1 aliphatic carbocycles. The Morgan fingerprint density at radius 2 is 1.15 bits per heavy atom. The fraction of sp³-hybridized carbons (Fsp3) is 0.259. The standard InChI is InChI=1S/C27H28/c1-6-21-15-26-24(22-11-17(2)9-18(3)12-22)7-8-25(27(26)16-21)23-13-19(4)10-20(5)14-23/h7-15H,6,16H2,1-5H3. The number of aryl methyl sites for hydroxylation is 4. The fourth-order valence-electron chi connectivity index (χ4n) is 4.51. The van der Waals surface area contributed by atoms with Gasteiger partial charge in [0.15, 0.2) is 0 Å². The third-order valence-corrected chi connectivity index (χ3v) is 5.63. The SMILES string of the molecule is CCC1=Cc2c(-c3cc(C)cc(C)c3)ccc(-c3cc(C)cc(C)c3)c2C1. The maximum Gasteiger partial charge on any atom is -0.00515 e. The van der Waals surface area contributed by atoms with Crippen molar-refractivity contribution in [2.75, 3.05) is 0 Å². The second-order valence-electron chi connectivity index (χ2n) is 8.14. The Morgan fingerprint density at radius 3 is 1.67 bits per heavy atom. The van der Waals surface area contributed by atoms with Crippen LogP contribution in [0.25, 0.3) is 28.3 Å². The molecular weight excluding hydrogens is 324 g/mol. The molecule has 0 N–H and O–H groups in total. The van der Waals surface area contributed by atoms with Crippen molar-refractivity contribution < 1.29 is 0 Å². The lowest BCUT2D eigenvalue weighted by Gasteiger charge is -2.15. The Labute approximate surface area is 163 Å². The molecule has 27 heavy (non-hydrogen) atoms. The largest absolute Gasteiger partial charge is 0.0654 e. The summed E-state index contributed by atoms with van der Waals surface area (Å²) in [4.78, 5) is 0. The van der Waals surface area contributed by atoms with E-state index in [1.165, 1.54) is 61.2 Å². The molecule has 0 nitrogen and oxygen atoms in total. The van der Waals surface area contributed by atoms with Gasteiger partial charge in [0.25, 0.3) is 0 Å². The third-order valence-electron chi connectivity index (χ3n) is 5.63. The summed E-state index contributed by atoms with van der Waals surface area (Å²) in [6.07, 6.45) is 4.63. The van der Waals surface area contributed by atoms with Gasteiger partial charge >= 0.3 is 0 Å². The molecule has 0 heterocycles. The van der Waals surface area contributed by atoms with E-state index >= 15 is 0 Å². The summed E-state index contributed by atoms with van der Waals surface area (Å²) in [5.41, 5.74) is 15.2. The molecule has 0 saturated carbocycles. The molecule has 0 aliphatic heterocycles. The summed E-state index contributed by atoms with van der Waals surface area (Å²) in [5.74, 6) is 0. The van der Waals surface area contributed by atoms with Crippen LogP contribution >= 0.6 is 0 Å². The second-order valence-corrected chi connectivity index (χ2v) is 8.14. The lowest BCUT2D eigenvalue weighted by molar-refractivity contribution is 1.04. The number of fused-ring (bicyclic) bond motifs is 1. The van der Waals surface area contributed by atoms with Crippen LogP contribution in [0, 0.1) is 27.7 Å². The molecule has 0 amide bonds. The zero-order valence-corrected chi connectivity index (χ0v) is 17.1. The smallest absolute Gasteiger partial charge is 0.00515 e. The number of allylic oxidation sites excluding steroid dienone is 1. The molecule has 3 aromatic carbocycles. The Morgan fingerprint density at radius 1 is 0.667 bits per heavy atom. The summed E-state index contributed by atoms with van der Waals surface area (Å²) < 4.78 is 0. The van der Waals surface area contributed by atoms with Gasteiger partial charge in [-0.1, -0.05) is 89.4 Å². The topological polar surface area (TPSA) is 0 Å². The Balaban J connectivity index is 1.94. The second kappa shape index (κ2) is 6.85. The van der Waals surface area contributed by atoms with Crippen molar-refractivity contribution in [3.8, 4) is 22.3 Å². The number of hydrogen-bond donors (Lipinski definition) is 0. The van der Waals surface area contributed by atoms with Crippen molar-refractivity contribution in [2.45, 2.75) is 47.5 Å². The van der Waals surface area contributed by atoms with Gasteiger partial charge in [-0.05, 0) is 73.9 Å². The fourth-order valence-corrected chi connectivity index (χ4v) is 4.51. The molecule has 0 spiro atoms. The van der Waals surface area contributed by atoms with Crippen molar-refractivity contribution in [3.63, 3.8) is 0 Å². The first-order valence-corrected chi connectivity index (χ1v) is 9.97. The summed E-state index contributed by atoms with van der Waals surface area (Å²) in [5, 5.41) is 0. The molecule has 136 valence electrons. The van der Waals surface area contributed by atoms with Crippen LogP contribution in [0.15, 0.2) is 54.1 Å². The van der Waals surface area contributed by atoms with E-state index in [9.17, 15) is 0 Å². The van der Waals surface area contributed by atoms with Crippen molar-refractivity contribution in [1.82, 2.24) is 0 Å². The van der Waals surface area contributed by atoms with Gasteiger partial charge in [0.05, 0.1) is 0 Å². The average Bonchev–Trinajstić information content (AvgIpc) is 3.03. The van der Waals surface area contributed by atoms with Crippen molar-refractivity contribution >= 4 is 6.08 Å². The van der Waals surface area contributed by atoms with Crippen molar-refractivity contribution in [3.05, 3.63) is 87.5 Å². The van der Waals surface area contributed by atoms with Crippen LogP contribution in [0.5, 0.6) is 0 Å². The summed E-state index contributed by atoms with van der Waals surface area (Å²) in [7, 11) is 0. The highest BCUT2D eigenvalue weighted by atomic mass is 14.2. The summed E-state index contributed by atoms with van der Waals surface area (Å²) >= 11 is 0. The van der Waals surface area contributed by atoms with Crippen LogP contribution in [0.3, 0.4) is 0 Å². The van der Waals surface area contributed by atoms with E-state index in [0.29, 0.717) is 0 Å². The van der Waals surface area contributed by atoms with Gasteiger partial charge in [-0.2, -0.15) is 0 Å². The lowest BCUT2D eigenvalue weighted by Crippen LogP contribution is -1.95. The Bertz CT molecular complexity index is 1020. The molecular formula is C27H28. The van der Waals surface area contributed by atoms with Crippen LogP contribution in [0.4, 0.5) is 0 Å². The Hall–Kier alpha value is -2.60. The minimum Gasteiger partial charge on any atom is -0.0654 e. The highest BCUT2D eigenvalue weighted by Gasteiger charge is 2.20. The highest BCUT2D eigenvalue weighted by molar-refractivity contribution is 5.87. The van der Waals surface area contributed by atoms with Gasteiger partial charge in [-0.15, -0.1) is 0 Å². The molecule has 0 heteroatoms. The number of benzene rings is 3. The van der Waals surface area contributed by atoms with E-state index in [-0.39, 0.29) is 0 Å². The predicted octanol–water partition coefficient (Wildman–Crippen LogP) is 7.60. The molecule has 0 fully saturated rings. The van der Waals surface area contributed by atoms with Gasteiger partial charge in [0.2, 0.25) is 0 Å². The van der Waals surface area contributed by atoms with E-state index in [1.807, 2.05) is 0 Å². The molecule has 0 radical (unpaired) electrons. The number of rotatable bonds is 3. The first kappa shape index (κ1) is 17.8. The number of hydrogen-bond acceptors (Lipinski definition) is 0. The maximum absolute atomic E-state index is 2.44. The highest BCUT2D eigenvalue weighted by Crippen LogP contribution is 2.41. The van der Waals surface area contributed by atoms with Gasteiger partial charge < -0.3 is 0 Å². The minimum absolute atomic E-state index is 1.08. The monoisotopic (exact) mass is 352 g/mol. The molecule has 3 aromatic rings. The molecule has 4 rings (SSSR count). The first-order valence-electron chi connectivity index (χ1n) is 9.97. The summed E-state index contributed by atoms with van der Waals surface area (Å²) in [6.45, 7) is 11.0. The van der Waals surface area contributed by atoms with Crippen LogP contribution in [0.1, 0.15) is 46.7 Å². The lowest BCUT2D eigenvalue weighted by atomic mass is 9.88. The molecule has 0 bridgehead atoms. The predicted molar refractivity (Wildman–Crippen MR) is 118 cm³/mol. The third kappa shape index (κ3) is 3.37. The van der Waals surface area contributed by atoms with Crippen LogP contribution < -0.4 is 0 Å². The quantitative estimate of drug-likeness (QED) is 0.455. The van der Waals surface area contributed by atoms with E-state index in [2.05, 4.69) is 89.2 Å². The van der Waals surface area contributed by atoms with Gasteiger partial charge in [-0.25, -0.2) is 0 Å². The molecule has 0 atom stereocenters. The van der Waals surface area contributed by atoms with Gasteiger partial charge in [0, 0.05) is 0 Å². The maximum atomic E-state index is 2.44. The zero-order chi connectivity index (χ0) is 19.1. The van der Waals surface area contributed by atoms with Gasteiger partial charge in [0.1, 0.15) is 0 Å². The van der Waals surface area contributed by atoms with Crippen molar-refractivity contribution in [1.29, 1.82) is 0 Å². The molecule has 0 unspecified atom stereocenters.